The van der Waals surface area contributed by atoms with Crippen LogP contribution in [0.1, 0.15) is 54.3 Å². The van der Waals surface area contributed by atoms with E-state index in [4.69, 9.17) is 4.98 Å². The van der Waals surface area contributed by atoms with Crippen molar-refractivity contribution in [3.05, 3.63) is 126 Å². The van der Waals surface area contributed by atoms with Gasteiger partial charge in [-0.3, -0.25) is 4.79 Å². The van der Waals surface area contributed by atoms with Crippen LogP contribution in [0.4, 0.5) is 0 Å². The topological polar surface area (TPSA) is 67.2 Å². The zero-order valence-electron chi connectivity index (χ0n) is 22.6. The number of carbonyl (C=O) groups excluding carboxylic acids is 1. The molecular formula is C35H35N3O2. The van der Waals surface area contributed by atoms with Gasteiger partial charge in [0.05, 0.1) is 29.6 Å². The maximum absolute atomic E-state index is 13.7. The summed E-state index contributed by atoms with van der Waals surface area (Å²) in [6, 6.07) is 36.4. The fourth-order valence-corrected chi connectivity index (χ4v) is 6.17. The number of nitrogens with zero attached hydrogens (tertiary/aromatic N) is 2. The Morgan fingerprint density at radius 1 is 0.825 bits per heavy atom. The molecule has 1 amide bonds. The largest absolute Gasteiger partial charge is 0.394 e. The van der Waals surface area contributed by atoms with E-state index in [-0.39, 0.29) is 18.4 Å². The molecule has 0 radical (unpaired) electrons. The lowest BCUT2D eigenvalue weighted by Crippen LogP contribution is -2.37. The predicted molar refractivity (Wildman–Crippen MR) is 160 cm³/mol. The molecule has 1 aliphatic carbocycles. The molecule has 40 heavy (non-hydrogen) atoms. The first-order valence-corrected chi connectivity index (χ1v) is 14.3. The first kappa shape index (κ1) is 26.0. The molecule has 0 bridgehead atoms. The molecule has 0 saturated heterocycles. The molecule has 4 aromatic carbocycles. The Morgan fingerprint density at radius 2 is 1.48 bits per heavy atom. The van der Waals surface area contributed by atoms with Crippen LogP contribution in [0.15, 0.2) is 109 Å². The monoisotopic (exact) mass is 529 g/mol. The number of carbonyl (C=O) groups is 1. The van der Waals surface area contributed by atoms with Gasteiger partial charge in [0.25, 0.3) is 0 Å². The third-order valence-corrected chi connectivity index (χ3v) is 8.22. The molecular weight excluding hydrogens is 494 g/mol. The number of benzene rings is 4. The fourth-order valence-electron chi connectivity index (χ4n) is 6.17. The maximum atomic E-state index is 13.7. The van der Waals surface area contributed by atoms with Crippen molar-refractivity contribution in [2.45, 2.75) is 44.2 Å². The minimum absolute atomic E-state index is 0.00507. The van der Waals surface area contributed by atoms with Crippen molar-refractivity contribution in [3.63, 3.8) is 0 Å². The summed E-state index contributed by atoms with van der Waals surface area (Å²) in [6.45, 7) is 0.556. The van der Waals surface area contributed by atoms with Crippen LogP contribution < -0.4 is 5.32 Å². The third-order valence-electron chi connectivity index (χ3n) is 8.22. The lowest BCUT2D eigenvalue weighted by molar-refractivity contribution is -0.124. The van der Waals surface area contributed by atoms with Crippen molar-refractivity contribution in [2.75, 3.05) is 6.61 Å². The SMILES string of the molecule is O=C(NC(CO)c1ccccc1)C(c1ccc(Cn2c(-c3ccccc3)nc3ccccc32)cc1)C1CCCC1. The van der Waals surface area contributed by atoms with Crippen LogP contribution in [0.25, 0.3) is 22.4 Å². The van der Waals surface area contributed by atoms with E-state index >= 15 is 0 Å². The Bertz CT molecular complexity index is 1560. The predicted octanol–water partition coefficient (Wildman–Crippen LogP) is 6.88. The molecule has 1 saturated carbocycles. The lowest BCUT2D eigenvalue weighted by atomic mass is 9.83. The summed E-state index contributed by atoms with van der Waals surface area (Å²) >= 11 is 0. The first-order chi connectivity index (χ1) is 19.7. The number of nitrogens with one attached hydrogen (secondary N) is 1. The summed E-state index contributed by atoms with van der Waals surface area (Å²) in [5.74, 6) is 1.02. The zero-order valence-corrected chi connectivity index (χ0v) is 22.6. The Hall–Kier alpha value is -4.22. The van der Waals surface area contributed by atoms with Crippen LogP contribution in [0, 0.1) is 5.92 Å². The quantitative estimate of drug-likeness (QED) is 0.219. The minimum atomic E-state index is -0.414. The number of aliphatic hydroxyl groups is 1. The molecule has 0 aliphatic heterocycles. The Labute approximate surface area is 235 Å². The van der Waals surface area contributed by atoms with Gasteiger partial charge < -0.3 is 15.0 Å². The molecule has 1 aliphatic rings. The highest BCUT2D eigenvalue weighted by Crippen LogP contribution is 2.38. The van der Waals surface area contributed by atoms with Crippen molar-refractivity contribution in [1.82, 2.24) is 14.9 Å². The van der Waals surface area contributed by atoms with E-state index in [1.165, 1.54) is 0 Å². The van der Waals surface area contributed by atoms with E-state index in [1.807, 2.05) is 54.6 Å². The van der Waals surface area contributed by atoms with Crippen LogP contribution in [-0.2, 0) is 11.3 Å². The molecule has 5 aromatic rings. The highest BCUT2D eigenvalue weighted by Gasteiger charge is 2.33. The van der Waals surface area contributed by atoms with Gasteiger partial charge in [-0.15, -0.1) is 0 Å². The number of rotatable bonds is 9. The minimum Gasteiger partial charge on any atom is -0.394 e. The standard InChI is InChI=1S/C35H35N3O2/c39-24-31(26-11-3-1-4-12-26)37-35(40)33(27-13-7-8-14-27)28-21-19-25(20-22-28)23-38-32-18-10-9-17-30(32)36-34(38)29-15-5-2-6-16-29/h1-6,9-12,15-22,27,31,33,39H,7-8,13-14,23-24H2,(H,37,40). The summed E-state index contributed by atoms with van der Waals surface area (Å²) in [5, 5.41) is 13.2. The van der Waals surface area contributed by atoms with E-state index in [9.17, 15) is 9.90 Å². The number of aromatic nitrogens is 2. The van der Waals surface area contributed by atoms with Gasteiger partial charge in [0.2, 0.25) is 5.91 Å². The van der Waals surface area contributed by atoms with Gasteiger partial charge >= 0.3 is 0 Å². The Morgan fingerprint density at radius 3 is 2.17 bits per heavy atom. The van der Waals surface area contributed by atoms with Gasteiger partial charge in [0.15, 0.2) is 0 Å². The van der Waals surface area contributed by atoms with Gasteiger partial charge in [-0.25, -0.2) is 4.98 Å². The van der Waals surface area contributed by atoms with Gasteiger partial charge in [-0.1, -0.05) is 110 Å². The van der Waals surface area contributed by atoms with Crippen LogP contribution in [0.3, 0.4) is 0 Å². The van der Waals surface area contributed by atoms with Crippen LogP contribution in [0.2, 0.25) is 0 Å². The second-order valence-electron chi connectivity index (χ2n) is 10.8. The summed E-state index contributed by atoms with van der Waals surface area (Å²) in [5.41, 5.74) is 6.28. The molecule has 1 aromatic heterocycles. The average Bonchev–Trinajstić information content (AvgIpc) is 3.67. The molecule has 202 valence electrons. The maximum Gasteiger partial charge on any atom is 0.228 e. The van der Waals surface area contributed by atoms with E-state index in [1.54, 1.807) is 0 Å². The highest BCUT2D eigenvalue weighted by atomic mass is 16.3. The molecule has 1 heterocycles. The number of amides is 1. The summed E-state index contributed by atoms with van der Waals surface area (Å²) in [6.07, 6.45) is 4.42. The number of fused-ring (bicyclic) bond motifs is 1. The number of imidazole rings is 1. The van der Waals surface area contributed by atoms with Crippen LogP contribution in [0.5, 0.6) is 0 Å². The second-order valence-corrected chi connectivity index (χ2v) is 10.8. The first-order valence-electron chi connectivity index (χ1n) is 14.3. The van der Waals surface area contributed by atoms with E-state index in [0.29, 0.717) is 12.5 Å². The molecule has 2 unspecified atom stereocenters. The number of hydrogen-bond acceptors (Lipinski definition) is 3. The normalized spacial score (nSPS) is 15.2. The molecule has 0 spiro atoms. The van der Waals surface area contributed by atoms with Crippen molar-refractivity contribution < 1.29 is 9.90 Å². The Balaban J connectivity index is 1.28. The van der Waals surface area contributed by atoms with Gasteiger partial charge in [-0.2, -0.15) is 0 Å². The molecule has 6 rings (SSSR count). The molecule has 5 nitrogen and oxygen atoms in total. The summed E-state index contributed by atoms with van der Waals surface area (Å²) in [4.78, 5) is 18.7. The Kier molecular flexibility index (Phi) is 7.73. The number of hydrogen-bond donors (Lipinski definition) is 2. The third kappa shape index (κ3) is 5.43. The zero-order chi connectivity index (χ0) is 27.3. The molecule has 5 heteroatoms. The number of aliphatic hydroxyl groups excluding tert-OH is 1. The highest BCUT2D eigenvalue weighted by molar-refractivity contribution is 5.84. The van der Waals surface area contributed by atoms with E-state index < -0.39 is 6.04 Å². The van der Waals surface area contributed by atoms with Crippen molar-refractivity contribution in [3.8, 4) is 11.4 Å². The van der Waals surface area contributed by atoms with Crippen molar-refractivity contribution in [1.29, 1.82) is 0 Å². The molecule has 2 atom stereocenters. The van der Waals surface area contributed by atoms with Crippen LogP contribution in [-0.4, -0.2) is 27.2 Å². The lowest BCUT2D eigenvalue weighted by Gasteiger charge is -2.26. The average molecular weight is 530 g/mol. The number of para-hydroxylation sites is 2. The van der Waals surface area contributed by atoms with Crippen molar-refractivity contribution in [2.24, 2.45) is 5.92 Å². The second kappa shape index (κ2) is 11.9. The van der Waals surface area contributed by atoms with E-state index in [2.05, 4.69) is 64.5 Å². The fraction of sp³-hybridized carbons (Fsp3) is 0.257. The summed E-state index contributed by atoms with van der Waals surface area (Å²) < 4.78 is 2.27. The van der Waals surface area contributed by atoms with Gasteiger partial charge in [-0.05, 0) is 47.6 Å². The molecule has 2 N–H and O–H groups in total. The van der Waals surface area contributed by atoms with E-state index in [0.717, 1.165) is 64.8 Å². The molecule has 1 fully saturated rings. The smallest absolute Gasteiger partial charge is 0.228 e. The van der Waals surface area contributed by atoms with Gasteiger partial charge in [0.1, 0.15) is 5.82 Å². The van der Waals surface area contributed by atoms with Crippen LogP contribution >= 0.6 is 0 Å². The van der Waals surface area contributed by atoms with Gasteiger partial charge in [0, 0.05) is 12.1 Å². The summed E-state index contributed by atoms with van der Waals surface area (Å²) in [7, 11) is 0. The van der Waals surface area contributed by atoms with Crippen molar-refractivity contribution >= 4 is 16.9 Å².